The maximum Gasteiger partial charge on any atom is 0.147 e. The van der Waals surface area contributed by atoms with Crippen LogP contribution in [-0.2, 0) is 5.41 Å². The predicted octanol–water partition coefficient (Wildman–Crippen LogP) is 8.65. The molecule has 0 fully saturated rings. The number of aryl methyl sites for hydroxylation is 1. The topological polar surface area (TPSA) is 3.24 Å². The number of fused-ring (bicyclic) bond motifs is 3. The Kier molecular flexibility index (Phi) is 5.12. The normalized spacial score (nSPS) is 13.7. The number of nitrogens with zero attached hydrogens (tertiary/aromatic N) is 1. The smallest absolute Gasteiger partial charge is 0.147 e. The molecule has 1 nitrogen and oxygen atoms in total. The fraction of sp³-hybridized carbons (Fsp3) is 0.226. The minimum atomic E-state index is -0.183. The highest BCUT2D eigenvalue weighted by Gasteiger charge is 2.37. The van der Waals surface area contributed by atoms with E-state index in [1.165, 1.54) is 11.1 Å². The molecular weight excluding hydrogens is 405 g/mol. The highest BCUT2D eigenvalue weighted by molar-refractivity contribution is 5.88. The van der Waals surface area contributed by atoms with Crippen LogP contribution in [-0.4, -0.2) is 6.04 Å². The quantitative estimate of drug-likeness (QED) is 0.310. The van der Waals surface area contributed by atoms with Crippen molar-refractivity contribution in [1.29, 1.82) is 0 Å². The minimum Gasteiger partial charge on any atom is -0.336 e. The number of para-hydroxylation sites is 1. The Balaban J connectivity index is 1.75. The van der Waals surface area contributed by atoms with Gasteiger partial charge in [-0.25, -0.2) is 4.39 Å². The monoisotopic (exact) mass is 435 g/mol. The Hall–Kier alpha value is -3.39. The van der Waals surface area contributed by atoms with Gasteiger partial charge in [0.2, 0.25) is 0 Å². The van der Waals surface area contributed by atoms with Crippen LogP contribution in [0.4, 0.5) is 15.8 Å². The molecule has 0 aliphatic heterocycles. The largest absolute Gasteiger partial charge is 0.336 e. The van der Waals surface area contributed by atoms with Gasteiger partial charge < -0.3 is 4.90 Å². The van der Waals surface area contributed by atoms with Crippen LogP contribution in [0.25, 0.3) is 22.3 Å². The lowest BCUT2D eigenvalue weighted by molar-refractivity contribution is 0.613. The molecule has 1 aliphatic carbocycles. The first-order valence-corrected chi connectivity index (χ1v) is 11.7. The lowest BCUT2D eigenvalue weighted by atomic mass is 9.82. The number of halogens is 1. The van der Waals surface area contributed by atoms with Crippen molar-refractivity contribution >= 4 is 11.4 Å². The molecule has 166 valence electrons. The second kappa shape index (κ2) is 7.88. The zero-order valence-corrected chi connectivity index (χ0v) is 20.0. The van der Waals surface area contributed by atoms with E-state index >= 15 is 4.39 Å². The average molecular weight is 436 g/mol. The summed E-state index contributed by atoms with van der Waals surface area (Å²) >= 11 is 0. The number of anilines is 2. The number of rotatable bonds is 4. The Morgan fingerprint density at radius 3 is 2.12 bits per heavy atom. The summed E-state index contributed by atoms with van der Waals surface area (Å²) in [7, 11) is 0. The molecule has 0 heterocycles. The van der Waals surface area contributed by atoms with Gasteiger partial charge in [-0.15, -0.1) is 0 Å². The second-order valence-electron chi connectivity index (χ2n) is 9.82. The third-order valence-corrected chi connectivity index (χ3v) is 6.99. The zero-order chi connectivity index (χ0) is 23.3. The van der Waals surface area contributed by atoms with Gasteiger partial charge in [0.1, 0.15) is 5.82 Å². The standard InChI is InChI=1S/C31H30FN/c1-20(2)33(30-21(3)12-11-16-23(30)22-13-7-6-8-14-22)29-19-27-25(18-28(29)32)24-15-9-10-17-26(24)31(27,4)5/h6-20H,1-5H3. The van der Waals surface area contributed by atoms with Crippen LogP contribution < -0.4 is 4.90 Å². The van der Waals surface area contributed by atoms with Crippen molar-refractivity contribution in [2.75, 3.05) is 4.90 Å². The van der Waals surface area contributed by atoms with Crippen molar-refractivity contribution in [3.8, 4) is 22.3 Å². The van der Waals surface area contributed by atoms with Gasteiger partial charge >= 0.3 is 0 Å². The number of benzene rings is 4. The molecule has 0 spiro atoms. The van der Waals surface area contributed by atoms with Gasteiger partial charge in [-0.2, -0.15) is 0 Å². The maximum absolute atomic E-state index is 15.9. The molecule has 0 amide bonds. The lowest BCUT2D eigenvalue weighted by Gasteiger charge is -2.34. The van der Waals surface area contributed by atoms with Crippen molar-refractivity contribution in [2.45, 2.75) is 46.1 Å². The molecule has 0 atom stereocenters. The van der Waals surface area contributed by atoms with Gasteiger partial charge in [0, 0.05) is 17.0 Å². The van der Waals surface area contributed by atoms with Gasteiger partial charge in [-0.1, -0.05) is 86.6 Å². The first-order chi connectivity index (χ1) is 15.8. The van der Waals surface area contributed by atoms with E-state index < -0.39 is 0 Å². The first-order valence-electron chi connectivity index (χ1n) is 11.7. The van der Waals surface area contributed by atoms with Crippen LogP contribution in [0.2, 0.25) is 0 Å². The Bertz CT molecular complexity index is 1330. The highest BCUT2D eigenvalue weighted by Crippen LogP contribution is 2.51. The zero-order valence-electron chi connectivity index (χ0n) is 20.0. The third kappa shape index (κ3) is 3.36. The van der Waals surface area contributed by atoms with Gasteiger partial charge in [-0.05, 0) is 66.3 Å². The molecule has 1 aliphatic rings. The van der Waals surface area contributed by atoms with Gasteiger partial charge in [0.05, 0.1) is 11.4 Å². The summed E-state index contributed by atoms with van der Waals surface area (Å²) in [6.07, 6.45) is 0. The summed E-state index contributed by atoms with van der Waals surface area (Å²) in [5, 5.41) is 0. The summed E-state index contributed by atoms with van der Waals surface area (Å²) in [5.41, 5.74) is 9.49. The van der Waals surface area contributed by atoms with Crippen LogP contribution in [0.1, 0.15) is 44.4 Å². The first kappa shape index (κ1) is 21.5. The van der Waals surface area contributed by atoms with E-state index in [0.29, 0.717) is 5.69 Å². The van der Waals surface area contributed by atoms with Crippen molar-refractivity contribution < 1.29 is 4.39 Å². The van der Waals surface area contributed by atoms with E-state index in [-0.39, 0.29) is 17.3 Å². The molecule has 0 bridgehead atoms. The third-order valence-electron chi connectivity index (χ3n) is 6.99. The Morgan fingerprint density at radius 1 is 0.727 bits per heavy atom. The molecule has 0 N–H and O–H groups in total. The molecule has 0 radical (unpaired) electrons. The summed E-state index contributed by atoms with van der Waals surface area (Å²) in [6, 6.07) is 29.0. The van der Waals surface area contributed by atoms with E-state index in [9.17, 15) is 0 Å². The average Bonchev–Trinajstić information content (AvgIpc) is 3.02. The van der Waals surface area contributed by atoms with Crippen LogP contribution in [0, 0.1) is 12.7 Å². The molecule has 0 saturated heterocycles. The maximum atomic E-state index is 15.9. The predicted molar refractivity (Wildman–Crippen MR) is 138 cm³/mol. The molecule has 4 aromatic rings. The Morgan fingerprint density at radius 2 is 1.39 bits per heavy atom. The molecule has 0 unspecified atom stereocenters. The SMILES string of the molecule is Cc1cccc(-c2ccccc2)c1N(c1cc2c(cc1F)-c1ccccc1C2(C)C)C(C)C. The summed E-state index contributed by atoms with van der Waals surface area (Å²) in [5.74, 6) is -0.183. The van der Waals surface area contributed by atoms with E-state index in [0.717, 1.165) is 33.5 Å². The van der Waals surface area contributed by atoms with Gasteiger partial charge in [0.25, 0.3) is 0 Å². The number of hydrogen-bond acceptors (Lipinski definition) is 1. The van der Waals surface area contributed by atoms with Crippen molar-refractivity contribution in [3.63, 3.8) is 0 Å². The van der Waals surface area contributed by atoms with Crippen LogP contribution in [0.3, 0.4) is 0 Å². The Labute approximate surface area is 196 Å². The summed E-state index contributed by atoms with van der Waals surface area (Å²) < 4.78 is 15.9. The fourth-order valence-corrected chi connectivity index (χ4v) is 5.38. The van der Waals surface area contributed by atoms with Gasteiger partial charge in [0.15, 0.2) is 0 Å². The van der Waals surface area contributed by atoms with Gasteiger partial charge in [-0.3, -0.25) is 0 Å². The van der Waals surface area contributed by atoms with E-state index in [1.807, 2.05) is 12.1 Å². The van der Waals surface area contributed by atoms with Crippen molar-refractivity contribution in [3.05, 3.63) is 107 Å². The molecule has 4 aromatic carbocycles. The molecule has 5 rings (SSSR count). The minimum absolute atomic E-state index is 0.0769. The van der Waals surface area contributed by atoms with Crippen molar-refractivity contribution in [2.24, 2.45) is 0 Å². The summed E-state index contributed by atoms with van der Waals surface area (Å²) in [6.45, 7) is 10.9. The van der Waals surface area contributed by atoms with E-state index in [1.54, 1.807) is 6.07 Å². The lowest BCUT2D eigenvalue weighted by Crippen LogP contribution is -2.28. The molecular formula is C31H30FN. The fourth-order valence-electron chi connectivity index (χ4n) is 5.38. The van der Waals surface area contributed by atoms with Crippen molar-refractivity contribution in [1.82, 2.24) is 0 Å². The molecule has 0 saturated carbocycles. The molecule has 33 heavy (non-hydrogen) atoms. The summed E-state index contributed by atoms with van der Waals surface area (Å²) in [4.78, 5) is 2.17. The van der Waals surface area contributed by atoms with E-state index in [4.69, 9.17) is 0 Å². The van der Waals surface area contributed by atoms with Crippen LogP contribution in [0.15, 0.2) is 84.9 Å². The molecule has 2 heteroatoms. The molecule has 0 aromatic heterocycles. The number of hydrogen-bond donors (Lipinski definition) is 0. The van der Waals surface area contributed by atoms with Crippen LogP contribution in [0.5, 0.6) is 0 Å². The van der Waals surface area contributed by atoms with E-state index in [2.05, 4.69) is 106 Å². The van der Waals surface area contributed by atoms with Crippen LogP contribution >= 0.6 is 0 Å². The second-order valence-corrected chi connectivity index (χ2v) is 9.82. The highest BCUT2D eigenvalue weighted by atomic mass is 19.1.